The molecule has 0 aliphatic rings. The van der Waals surface area contributed by atoms with Crippen LogP contribution < -0.4 is 11.1 Å². The molecule has 6 heteroatoms. The first-order valence-electron chi connectivity index (χ1n) is 6.12. The van der Waals surface area contributed by atoms with Crippen LogP contribution in [0.25, 0.3) is 0 Å². The van der Waals surface area contributed by atoms with Crippen molar-refractivity contribution in [2.24, 2.45) is 0 Å². The van der Waals surface area contributed by atoms with E-state index in [1.54, 1.807) is 6.20 Å². The van der Waals surface area contributed by atoms with Crippen molar-refractivity contribution >= 4 is 29.2 Å². The van der Waals surface area contributed by atoms with Crippen LogP contribution in [0.1, 0.15) is 11.1 Å². The molecule has 20 heavy (non-hydrogen) atoms. The molecular weight excluding hydrogens is 272 g/mol. The Morgan fingerprint density at radius 1 is 1.30 bits per heavy atom. The number of aryl methyl sites for hydroxylation is 2. The SMILES string of the molecule is Cc1ccc(C)c(NC(=O)CSc2nccnc2N)c1. The summed E-state index contributed by atoms with van der Waals surface area (Å²) in [6.45, 7) is 3.95. The lowest BCUT2D eigenvalue weighted by Gasteiger charge is -2.09. The van der Waals surface area contributed by atoms with Gasteiger partial charge in [0.15, 0.2) is 5.82 Å². The second-order valence-corrected chi connectivity index (χ2v) is 5.37. The van der Waals surface area contributed by atoms with E-state index < -0.39 is 0 Å². The van der Waals surface area contributed by atoms with Gasteiger partial charge in [0.2, 0.25) is 5.91 Å². The van der Waals surface area contributed by atoms with Crippen molar-refractivity contribution in [1.29, 1.82) is 0 Å². The highest BCUT2D eigenvalue weighted by atomic mass is 32.2. The summed E-state index contributed by atoms with van der Waals surface area (Å²) in [6, 6.07) is 5.95. The topological polar surface area (TPSA) is 80.9 Å². The van der Waals surface area contributed by atoms with Crippen molar-refractivity contribution < 1.29 is 4.79 Å². The Labute approximate surface area is 122 Å². The molecule has 0 fully saturated rings. The maximum Gasteiger partial charge on any atom is 0.234 e. The van der Waals surface area contributed by atoms with Gasteiger partial charge in [0.1, 0.15) is 5.03 Å². The molecule has 1 amide bonds. The van der Waals surface area contributed by atoms with Crippen molar-refractivity contribution in [3.05, 3.63) is 41.7 Å². The number of aromatic nitrogens is 2. The summed E-state index contributed by atoms with van der Waals surface area (Å²) in [6.07, 6.45) is 3.08. The largest absolute Gasteiger partial charge is 0.381 e. The van der Waals surface area contributed by atoms with Crippen LogP contribution in [0.2, 0.25) is 0 Å². The van der Waals surface area contributed by atoms with E-state index in [0.29, 0.717) is 10.8 Å². The second kappa shape index (κ2) is 6.38. The molecule has 3 N–H and O–H groups in total. The molecule has 0 spiro atoms. The molecule has 0 radical (unpaired) electrons. The monoisotopic (exact) mass is 288 g/mol. The number of anilines is 2. The summed E-state index contributed by atoms with van der Waals surface area (Å²) in [5.41, 5.74) is 8.66. The predicted octanol–water partition coefficient (Wildman–Crippen LogP) is 2.41. The van der Waals surface area contributed by atoms with E-state index in [0.717, 1.165) is 16.8 Å². The lowest BCUT2D eigenvalue weighted by molar-refractivity contribution is -0.113. The third kappa shape index (κ3) is 3.71. The Hall–Kier alpha value is -2.08. The third-order valence-corrected chi connectivity index (χ3v) is 3.69. The van der Waals surface area contributed by atoms with Crippen LogP contribution in [0.3, 0.4) is 0 Å². The molecule has 2 aromatic rings. The molecule has 0 aliphatic carbocycles. The van der Waals surface area contributed by atoms with Crippen LogP contribution in [-0.4, -0.2) is 21.6 Å². The summed E-state index contributed by atoms with van der Waals surface area (Å²) in [4.78, 5) is 20.0. The minimum absolute atomic E-state index is 0.0891. The fourth-order valence-corrected chi connectivity index (χ4v) is 2.31. The van der Waals surface area contributed by atoms with E-state index in [1.807, 2.05) is 32.0 Å². The number of benzene rings is 1. The summed E-state index contributed by atoms with van der Waals surface area (Å²) in [5, 5.41) is 3.46. The summed E-state index contributed by atoms with van der Waals surface area (Å²) < 4.78 is 0. The number of rotatable bonds is 4. The maximum atomic E-state index is 11.9. The minimum atomic E-state index is -0.0891. The average Bonchev–Trinajstić information content (AvgIpc) is 2.42. The van der Waals surface area contributed by atoms with Crippen LogP contribution in [0, 0.1) is 13.8 Å². The van der Waals surface area contributed by atoms with Crippen LogP contribution in [0.5, 0.6) is 0 Å². The molecular formula is C14H16N4OS. The number of nitrogens with one attached hydrogen (secondary N) is 1. The lowest BCUT2D eigenvalue weighted by atomic mass is 10.1. The molecule has 0 unspecified atom stereocenters. The number of nitrogen functional groups attached to an aromatic ring is 1. The van der Waals surface area contributed by atoms with Gasteiger partial charge in [-0.15, -0.1) is 0 Å². The Balaban J connectivity index is 1.96. The van der Waals surface area contributed by atoms with Crippen LogP contribution in [0.15, 0.2) is 35.6 Å². The molecule has 0 bridgehead atoms. The van der Waals surface area contributed by atoms with Gasteiger partial charge in [0, 0.05) is 18.1 Å². The van der Waals surface area contributed by atoms with Gasteiger partial charge in [-0.1, -0.05) is 23.9 Å². The molecule has 0 aliphatic heterocycles. The average molecular weight is 288 g/mol. The molecule has 0 atom stereocenters. The van der Waals surface area contributed by atoms with Gasteiger partial charge in [-0.3, -0.25) is 4.79 Å². The van der Waals surface area contributed by atoms with Crippen molar-refractivity contribution in [2.75, 3.05) is 16.8 Å². The molecule has 0 saturated heterocycles. The van der Waals surface area contributed by atoms with E-state index in [2.05, 4.69) is 15.3 Å². The van der Waals surface area contributed by atoms with Gasteiger partial charge < -0.3 is 11.1 Å². The standard InChI is InChI=1S/C14H16N4OS/c1-9-3-4-10(2)11(7-9)18-12(19)8-20-14-13(15)16-5-6-17-14/h3-7H,8H2,1-2H3,(H2,15,16)(H,18,19). The normalized spacial score (nSPS) is 10.3. The fourth-order valence-electron chi connectivity index (χ4n) is 1.64. The number of carbonyl (C=O) groups excluding carboxylic acids is 1. The quantitative estimate of drug-likeness (QED) is 0.844. The van der Waals surface area contributed by atoms with Crippen LogP contribution in [0.4, 0.5) is 11.5 Å². The highest BCUT2D eigenvalue weighted by Crippen LogP contribution is 2.21. The Bertz CT molecular complexity index is 630. The van der Waals surface area contributed by atoms with E-state index in [1.165, 1.54) is 18.0 Å². The third-order valence-electron chi connectivity index (χ3n) is 2.70. The summed E-state index contributed by atoms with van der Waals surface area (Å²) in [7, 11) is 0. The number of amides is 1. The first-order valence-corrected chi connectivity index (χ1v) is 7.11. The van der Waals surface area contributed by atoms with Crippen LogP contribution in [-0.2, 0) is 4.79 Å². The highest BCUT2D eigenvalue weighted by molar-refractivity contribution is 8.00. The predicted molar refractivity (Wildman–Crippen MR) is 81.7 cm³/mol. The minimum Gasteiger partial charge on any atom is -0.381 e. The first-order chi connectivity index (χ1) is 9.56. The first kappa shape index (κ1) is 14.3. The van der Waals surface area contributed by atoms with Gasteiger partial charge in [-0.05, 0) is 31.0 Å². The van der Waals surface area contributed by atoms with Gasteiger partial charge in [0.25, 0.3) is 0 Å². The number of nitrogens with zero attached hydrogens (tertiary/aromatic N) is 2. The summed E-state index contributed by atoms with van der Waals surface area (Å²) in [5.74, 6) is 0.502. The summed E-state index contributed by atoms with van der Waals surface area (Å²) >= 11 is 1.27. The molecule has 1 aromatic heterocycles. The Kier molecular flexibility index (Phi) is 4.57. The number of carbonyl (C=O) groups is 1. The van der Waals surface area contributed by atoms with Crippen LogP contribution >= 0.6 is 11.8 Å². The molecule has 2 rings (SSSR count). The molecule has 5 nitrogen and oxygen atoms in total. The number of hydrogen-bond donors (Lipinski definition) is 2. The van der Waals surface area contributed by atoms with Gasteiger partial charge in [-0.25, -0.2) is 9.97 Å². The van der Waals surface area contributed by atoms with Crippen molar-refractivity contribution in [1.82, 2.24) is 9.97 Å². The Morgan fingerprint density at radius 3 is 2.80 bits per heavy atom. The van der Waals surface area contributed by atoms with Gasteiger partial charge >= 0.3 is 0 Å². The van der Waals surface area contributed by atoms with Crippen molar-refractivity contribution in [2.45, 2.75) is 18.9 Å². The number of thioether (sulfide) groups is 1. The maximum absolute atomic E-state index is 11.9. The molecule has 1 heterocycles. The smallest absolute Gasteiger partial charge is 0.234 e. The fraction of sp³-hybridized carbons (Fsp3) is 0.214. The van der Waals surface area contributed by atoms with E-state index >= 15 is 0 Å². The van der Waals surface area contributed by atoms with Gasteiger partial charge in [0.05, 0.1) is 5.75 Å². The number of nitrogens with two attached hydrogens (primary N) is 1. The zero-order chi connectivity index (χ0) is 14.5. The lowest BCUT2D eigenvalue weighted by Crippen LogP contribution is -2.15. The molecule has 104 valence electrons. The van der Waals surface area contributed by atoms with E-state index in [4.69, 9.17) is 5.73 Å². The highest BCUT2D eigenvalue weighted by Gasteiger charge is 2.08. The van der Waals surface area contributed by atoms with E-state index in [9.17, 15) is 4.79 Å². The Morgan fingerprint density at radius 2 is 2.05 bits per heavy atom. The van der Waals surface area contributed by atoms with Crippen molar-refractivity contribution in [3.63, 3.8) is 0 Å². The zero-order valence-corrected chi connectivity index (χ0v) is 12.2. The van der Waals surface area contributed by atoms with Crippen molar-refractivity contribution in [3.8, 4) is 0 Å². The molecule has 0 saturated carbocycles. The molecule has 1 aromatic carbocycles. The van der Waals surface area contributed by atoms with Gasteiger partial charge in [-0.2, -0.15) is 0 Å². The number of hydrogen-bond acceptors (Lipinski definition) is 5. The second-order valence-electron chi connectivity index (χ2n) is 4.40. The van der Waals surface area contributed by atoms with E-state index in [-0.39, 0.29) is 11.7 Å². The zero-order valence-electron chi connectivity index (χ0n) is 11.4.